The van der Waals surface area contributed by atoms with Gasteiger partial charge in [0, 0.05) is 36.9 Å². The highest BCUT2D eigenvalue weighted by molar-refractivity contribution is 7.99. The van der Waals surface area contributed by atoms with Crippen LogP contribution < -0.4 is 5.32 Å². The number of nitrogens with one attached hydrogen (secondary N) is 1. The van der Waals surface area contributed by atoms with Gasteiger partial charge in [-0.05, 0) is 37.8 Å². The molecule has 3 heterocycles. The van der Waals surface area contributed by atoms with Crippen LogP contribution in [0.4, 0.5) is 0 Å². The van der Waals surface area contributed by atoms with Crippen molar-refractivity contribution in [3.8, 4) is 0 Å². The molecule has 1 aliphatic carbocycles. The summed E-state index contributed by atoms with van der Waals surface area (Å²) in [5.41, 5.74) is 1.35. The number of nitrogens with zero attached hydrogens (tertiary/aromatic N) is 5. The number of carbonyl (C=O) groups is 1. The van der Waals surface area contributed by atoms with E-state index in [9.17, 15) is 4.79 Å². The molecule has 1 aliphatic rings. The minimum Gasteiger partial charge on any atom is -0.349 e. The summed E-state index contributed by atoms with van der Waals surface area (Å²) in [5.74, 6) is -0.0439. The second-order valence-corrected chi connectivity index (χ2v) is 7.63. The van der Waals surface area contributed by atoms with E-state index in [0.29, 0.717) is 10.8 Å². The van der Waals surface area contributed by atoms with Crippen LogP contribution in [0, 0.1) is 0 Å². The van der Waals surface area contributed by atoms with Gasteiger partial charge in [0.1, 0.15) is 6.33 Å². The van der Waals surface area contributed by atoms with Crippen LogP contribution in [0.3, 0.4) is 0 Å². The van der Waals surface area contributed by atoms with Gasteiger partial charge in [-0.25, -0.2) is 14.5 Å². The molecule has 0 aliphatic heterocycles. The summed E-state index contributed by atoms with van der Waals surface area (Å²) in [7, 11) is 2.02. The zero-order valence-corrected chi connectivity index (χ0v) is 14.8. The number of hydrogen-bond donors (Lipinski definition) is 1. The first kappa shape index (κ1) is 16.1. The fraction of sp³-hybridized carbons (Fsp3) is 0.412. The number of aromatic nitrogens is 5. The van der Waals surface area contributed by atoms with Gasteiger partial charge in [-0.3, -0.25) is 4.79 Å². The number of imidazole rings is 1. The lowest BCUT2D eigenvalue weighted by molar-refractivity contribution is 0.0927. The fourth-order valence-corrected chi connectivity index (χ4v) is 4.31. The molecule has 130 valence electrons. The zero-order valence-electron chi connectivity index (χ0n) is 14.0. The van der Waals surface area contributed by atoms with Crippen molar-refractivity contribution in [3.63, 3.8) is 0 Å². The van der Waals surface area contributed by atoms with E-state index >= 15 is 0 Å². The van der Waals surface area contributed by atoms with Crippen molar-refractivity contribution in [1.29, 1.82) is 0 Å². The Morgan fingerprint density at radius 2 is 2.08 bits per heavy atom. The summed E-state index contributed by atoms with van der Waals surface area (Å²) in [4.78, 5) is 20.9. The van der Waals surface area contributed by atoms with Gasteiger partial charge < -0.3 is 9.88 Å². The van der Waals surface area contributed by atoms with Crippen LogP contribution in [-0.4, -0.2) is 41.3 Å². The maximum atomic E-state index is 12.5. The summed E-state index contributed by atoms with van der Waals surface area (Å²) < 4.78 is 3.67. The highest BCUT2D eigenvalue weighted by Crippen LogP contribution is 2.32. The number of pyridine rings is 1. The van der Waals surface area contributed by atoms with Crippen LogP contribution in [0.15, 0.2) is 42.2 Å². The lowest BCUT2D eigenvalue weighted by Gasteiger charge is -2.28. The minimum absolute atomic E-state index is 0.0439. The van der Waals surface area contributed by atoms with Gasteiger partial charge in [-0.15, -0.1) is 0 Å². The van der Waals surface area contributed by atoms with Crippen molar-refractivity contribution >= 4 is 23.3 Å². The average Bonchev–Trinajstić information content (AvgIpc) is 3.25. The van der Waals surface area contributed by atoms with Gasteiger partial charge in [0.2, 0.25) is 0 Å². The van der Waals surface area contributed by atoms with Crippen LogP contribution in [0.2, 0.25) is 0 Å². The molecule has 8 heteroatoms. The Labute approximate surface area is 149 Å². The monoisotopic (exact) mass is 356 g/mol. The molecule has 3 aromatic rings. The number of fused-ring (bicyclic) bond motifs is 1. The van der Waals surface area contributed by atoms with E-state index < -0.39 is 0 Å². The quantitative estimate of drug-likeness (QED) is 0.776. The molecule has 0 radical (unpaired) electrons. The predicted molar refractivity (Wildman–Crippen MR) is 95.6 cm³/mol. The topological polar surface area (TPSA) is 77.1 Å². The molecule has 0 unspecified atom stereocenters. The Bertz CT molecular complexity index is 880. The smallest absolute Gasteiger partial charge is 0.253 e. The van der Waals surface area contributed by atoms with Crippen LogP contribution in [0.5, 0.6) is 0 Å². The summed E-state index contributed by atoms with van der Waals surface area (Å²) in [5, 5.41) is 8.86. The molecule has 0 saturated heterocycles. The molecule has 0 aromatic carbocycles. The lowest BCUT2D eigenvalue weighted by atomic mass is 9.95. The summed E-state index contributed by atoms with van der Waals surface area (Å²) in [6.45, 7) is 0. The number of amides is 1. The highest BCUT2D eigenvalue weighted by atomic mass is 32.2. The molecule has 3 aromatic heterocycles. The molecule has 0 bridgehead atoms. The van der Waals surface area contributed by atoms with Gasteiger partial charge >= 0.3 is 0 Å². The van der Waals surface area contributed by atoms with Crippen LogP contribution in [0.1, 0.15) is 36.0 Å². The average molecular weight is 356 g/mol. The van der Waals surface area contributed by atoms with Gasteiger partial charge in [-0.1, -0.05) is 11.8 Å². The Morgan fingerprint density at radius 3 is 2.84 bits per heavy atom. The van der Waals surface area contributed by atoms with Gasteiger partial charge in [0.05, 0.1) is 5.56 Å². The molecule has 4 rings (SSSR count). The van der Waals surface area contributed by atoms with Crippen LogP contribution >= 0.6 is 11.8 Å². The molecule has 1 fully saturated rings. The first-order valence-electron chi connectivity index (χ1n) is 8.43. The van der Waals surface area contributed by atoms with Crippen molar-refractivity contribution in [2.24, 2.45) is 7.05 Å². The molecule has 1 amide bonds. The van der Waals surface area contributed by atoms with E-state index in [1.165, 1.54) is 6.33 Å². The van der Waals surface area contributed by atoms with E-state index in [2.05, 4.69) is 25.0 Å². The van der Waals surface area contributed by atoms with Crippen molar-refractivity contribution in [2.45, 2.75) is 42.1 Å². The summed E-state index contributed by atoms with van der Waals surface area (Å²) in [6, 6.07) is 3.83. The third-order valence-corrected chi connectivity index (χ3v) is 6.00. The van der Waals surface area contributed by atoms with Gasteiger partial charge in [0.25, 0.3) is 5.91 Å². The molecule has 0 spiro atoms. The Kier molecular flexibility index (Phi) is 4.44. The minimum atomic E-state index is -0.0439. The Hall–Kier alpha value is -2.35. The van der Waals surface area contributed by atoms with Gasteiger partial charge in [0.15, 0.2) is 10.8 Å². The number of carbonyl (C=O) groups excluding carboxylic acids is 1. The second kappa shape index (κ2) is 6.87. The van der Waals surface area contributed by atoms with Crippen molar-refractivity contribution in [3.05, 3.63) is 42.6 Å². The molecule has 25 heavy (non-hydrogen) atoms. The first-order chi connectivity index (χ1) is 12.2. The zero-order chi connectivity index (χ0) is 17.2. The first-order valence-corrected chi connectivity index (χ1v) is 9.31. The maximum absolute atomic E-state index is 12.5. The SMILES string of the molecule is Cn1ccnc1SC1CCC(NC(=O)c2ccc3ncnn3c2)CC1. The largest absolute Gasteiger partial charge is 0.349 e. The molecular weight excluding hydrogens is 336 g/mol. The molecular formula is C17H20N6OS. The van der Waals surface area contributed by atoms with Crippen LogP contribution in [0.25, 0.3) is 5.65 Å². The van der Waals surface area contributed by atoms with Gasteiger partial charge in [-0.2, -0.15) is 5.10 Å². The third kappa shape index (κ3) is 3.53. The van der Waals surface area contributed by atoms with Crippen LogP contribution in [-0.2, 0) is 7.05 Å². The summed E-state index contributed by atoms with van der Waals surface area (Å²) in [6.07, 6.45) is 11.2. The number of hydrogen-bond acceptors (Lipinski definition) is 5. The fourth-order valence-electron chi connectivity index (χ4n) is 3.16. The predicted octanol–water partition coefficient (Wildman–Crippen LogP) is 2.30. The maximum Gasteiger partial charge on any atom is 0.253 e. The van der Waals surface area contributed by atoms with E-state index in [-0.39, 0.29) is 11.9 Å². The number of aryl methyl sites for hydroxylation is 1. The highest BCUT2D eigenvalue weighted by Gasteiger charge is 2.24. The Morgan fingerprint density at radius 1 is 1.24 bits per heavy atom. The lowest BCUT2D eigenvalue weighted by Crippen LogP contribution is -2.38. The van der Waals surface area contributed by atoms with Crippen molar-refractivity contribution < 1.29 is 4.79 Å². The van der Waals surface area contributed by atoms with Crippen molar-refractivity contribution in [1.82, 2.24) is 29.5 Å². The summed E-state index contributed by atoms with van der Waals surface area (Å²) >= 11 is 1.84. The second-order valence-electron chi connectivity index (χ2n) is 6.37. The molecule has 1 N–H and O–H groups in total. The van der Waals surface area contributed by atoms with E-state index in [0.717, 1.165) is 36.5 Å². The van der Waals surface area contributed by atoms with E-state index in [1.807, 2.05) is 37.3 Å². The number of rotatable bonds is 4. The normalized spacial score (nSPS) is 20.7. The van der Waals surface area contributed by atoms with Crippen molar-refractivity contribution in [2.75, 3.05) is 0 Å². The van der Waals surface area contributed by atoms with E-state index in [4.69, 9.17) is 0 Å². The number of thioether (sulfide) groups is 1. The molecule has 1 saturated carbocycles. The Balaban J connectivity index is 1.32. The third-order valence-electron chi connectivity index (χ3n) is 4.59. The standard InChI is InChI=1S/C17H20N6OS/c1-22-9-8-18-17(22)25-14-5-3-13(4-6-14)21-16(24)12-2-7-15-19-11-20-23(15)10-12/h2,7-11,13-14H,3-6H2,1H3,(H,21,24). The molecule has 7 nitrogen and oxygen atoms in total. The van der Waals surface area contributed by atoms with E-state index in [1.54, 1.807) is 16.8 Å². The molecule has 0 atom stereocenters.